The highest BCUT2D eigenvalue weighted by atomic mass is 32.2. The molecule has 0 atom stereocenters. The maximum Gasteiger partial charge on any atom is 0.281 e. The molecule has 1 fully saturated rings. The summed E-state index contributed by atoms with van der Waals surface area (Å²) < 4.78 is 25.4. The monoisotopic (exact) mass is 208 g/mol. The highest BCUT2D eigenvalue weighted by molar-refractivity contribution is 7.85. The SMILES string of the molecule is CS(=O)(=O)ONNC1CCCCC1. The molecule has 0 aliphatic heterocycles. The van der Waals surface area contributed by atoms with Crippen molar-refractivity contribution in [1.82, 2.24) is 11.0 Å². The summed E-state index contributed by atoms with van der Waals surface area (Å²) in [5, 5.41) is 0. The molecule has 2 N–H and O–H groups in total. The topological polar surface area (TPSA) is 67.4 Å². The van der Waals surface area contributed by atoms with Gasteiger partial charge in [-0.1, -0.05) is 19.3 Å². The smallest absolute Gasteiger partial charge is 0.230 e. The van der Waals surface area contributed by atoms with Crippen LogP contribution in [0.25, 0.3) is 0 Å². The van der Waals surface area contributed by atoms with Crippen LogP contribution >= 0.6 is 0 Å². The molecular weight excluding hydrogens is 192 g/mol. The van der Waals surface area contributed by atoms with Crippen LogP contribution in [0, 0.1) is 0 Å². The highest BCUT2D eigenvalue weighted by Crippen LogP contribution is 2.16. The molecule has 0 aromatic carbocycles. The first-order valence-corrected chi connectivity index (χ1v) is 6.28. The van der Waals surface area contributed by atoms with E-state index in [0.717, 1.165) is 19.1 Å². The van der Waals surface area contributed by atoms with Crippen LogP contribution in [0.15, 0.2) is 0 Å². The van der Waals surface area contributed by atoms with Crippen molar-refractivity contribution in [2.75, 3.05) is 6.26 Å². The van der Waals surface area contributed by atoms with Crippen molar-refractivity contribution >= 4 is 10.1 Å². The maximum atomic E-state index is 10.5. The van der Waals surface area contributed by atoms with E-state index in [2.05, 4.69) is 15.3 Å². The summed E-state index contributed by atoms with van der Waals surface area (Å²) in [4.78, 5) is 0. The zero-order chi connectivity index (χ0) is 9.73. The Morgan fingerprint density at radius 1 is 1.23 bits per heavy atom. The second-order valence-corrected chi connectivity index (χ2v) is 4.94. The zero-order valence-electron chi connectivity index (χ0n) is 7.75. The minimum atomic E-state index is -3.40. The fourth-order valence-corrected chi connectivity index (χ4v) is 1.63. The predicted molar refractivity (Wildman–Crippen MR) is 49.1 cm³/mol. The van der Waals surface area contributed by atoms with Gasteiger partial charge in [-0.15, -0.1) is 5.59 Å². The molecule has 0 spiro atoms. The van der Waals surface area contributed by atoms with E-state index in [9.17, 15) is 8.42 Å². The summed E-state index contributed by atoms with van der Waals surface area (Å²) in [6, 6.07) is 0.329. The Balaban J connectivity index is 2.11. The van der Waals surface area contributed by atoms with Crippen LogP contribution in [-0.4, -0.2) is 20.7 Å². The lowest BCUT2D eigenvalue weighted by Crippen LogP contribution is -2.42. The molecule has 0 bridgehead atoms. The maximum absolute atomic E-state index is 10.5. The molecule has 1 aliphatic carbocycles. The average Bonchev–Trinajstić information content (AvgIpc) is 2.04. The molecule has 6 heteroatoms. The van der Waals surface area contributed by atoms with Gasteiger partial charge in [-0.25, -0.2) is 5.43 Å². The molecule has 1 saturated carbocycles. The molecule has 0 aromatic heterocycles. The van der Waals surface area contributed by atoms with Gasteiger partial charge in [-0.3, -0.25) is 0 Å². The lowest BCUT2D eigenvalue weighted by Gasteiger charge is -2.22. The molecule has 1 rings (SSSR count). The van der Waals surface area contributed by atoms with Gasteiger partial charge in [0.1, 0.15) is 0 Å². The van der Waals surface area contributed by atoms with Crippen LogP contribution in [0.2, 0.25) is 0 Å². The average molecular weight is 208 g/mol. The van der Waals surface area contributed by atoms with Crippen molar-refractivity contribution < 1.29 is 12.7 Å². The van der Waals surface area contributed by atoms with Crippen molar-refractivity contribution in [2.45, 2.75) is 38.1 Å². The Morgan fingerprint density at radius 3 is 2.38 bits per heavy atom. The second-order valence-electron chi connectivity index (χ2n) is 3.37. The van der Waals surface area contributed by atoms with E-state index in [1.54, 1.807) is 0 Å². The van der Waals surface area contributed by atoms with Gasteiger partial charge in [0.25, 0.3) is 10.1 Å². The van der Waals surface area contributed by atoms with Gasteiger partial charge in [0.05, 0.1) is 6.26 Å². The first-order chi connectivity index (χ1) is 6.08. The summed E-state index contributed by atoms with van der Waals surface area (Å²) >= 11 is 0. The molecule has 1 aliphatic rings. The number of hydrogen-bond donors (Lipinski definition) is 2. The van der Waals surface area contributed by atoms with Gasteiger partial charge in [0, 0.05) is 6.04 Å². The molecule has 0 amide bonds. The minimum absolute atomic E-state index is 0.329. The fraction of sp³-hybridized carbons (Fsp3) is 1.00. The van der Waals surface area contributed by atoms with E-state index < -0.39 is 10.1 Å². The molecule has 78 valence electrons. The van der Waals surface area contributed by atoms with E-state index in [-0.39, 0.29) is 0 Å². The van der Waals surface area contributed by atoms with Crippen molar-refractivity contribution in [3.63, 3.8) is 0 Å². The van der Waals surface area contributed by atoms with Crippen molar-refractivity contribution in [2.24, 2.45) is 0 Å². The third-order valence-corrected chi connectivity index (χ3v) is 2.45. The van der Waals surface area contributed by atoms with Crippen molar-refractivity contribution in [3.8, 4) is 0 Å². The van der Waals surface area contributed by atoms with Crippen LogP contribution in [0.1, 0.15) is 32.1 Å². The molecule has 0 unspecified atom stereocenters. The third-order valence-electron chi connectivity index (χ3n) is 2.06. The zero-order valence-corrected chi connectivity index (χ0v) is 8.56. The largest absolute Gasteiger partial charge is 0.281 e. The number of rotatable bonds is 4. The Kier molecular flexibility index (Phi) is 4.11. The summed E-state index contributed by atoms with van der Waals surface area (Å²) in [5.41, 5.74) is 5.08. The Bertz CT molecular complexity index is 234. The lowest BCUT2D eigenvalue weighted by molar-refractivity contribution is 0.130. The fourth-order valence-electron chi connectivity index (χ4n) is 1.43. The third kappa shape index (κ3) is 5.20. The van der Waals surface area contributed by atoms with Gasteiger partial charge in [0.15, 0.2) is 0 Å². The van der Waals surface area contributed by atoms with Crippen LogP contribution in [-0.2, 0) is 14.4 Å². The normalized spacial score (nSPS) is 20.4. The molecule has 0 saturated heterocycles. The van der Waals surface area contributed by atoms with E-state index in [0.29, 0.717) is 6.04 Å². The van der Waals surface area contributed by atoms with Crippen molar-refractivity contribution in [1.29, 1.82) is 0 Å². The lowest BCUT2D eigenvalue weighted by atomic mass is 9.96. The quantitative estimate of drug-likeness (QED) is 0.651. The van der Waals surface area contributed by atoms with Crippen LogP contribution in [0.4, 0.5) is 0 Å². The molecule has 0 heterocycles. The van der Waals surface area contributed by atoms with E-state index >= 15 is 0 Å². The van der Waals surface area contributed by atoms with Crippen LogP contribution in [0.3, 0.4) is 0 Å². The number of nitrogens with one attached hydrogen (secondary N) is 2. The van der Waals surface area contributed by atoms with E-state index in [4.69, 9.17) is 0 Å². The summed E-state index contributed by atoms with van der Waals surface area (Å²) in [5.74, 6) is 0. The van der Waals surface area contributed by atoms with Gasteiger partial charge in [-0.2, -0.15) is 12.7 Å². The van der Waals surface area contributed by atoms with Gasteiger partial charge < -0.3 is 0 Å². The minimum Gasteiger partial charge on any atom is -0.230 e. The molecular formula is C7H16N2O3S. The van der Waals surface area contributed by atoms with Crippen LogP contribution < -0.4 is 11.0 Å². The second kappa shape index (κ2) is 4.90. The highest BCUT2D eigenvalue weighted by Gasteiger charge is 2.12. The van der Waals surface area contributed by atoms with E-state index in [1.165, 1.54) is 19.3 Å². The summed E-state index contributed by atoms with van der Waals surface area (Å²) in [7, 11) is -3.40. The number of hydrogen-bond acceptors (Lipinski definition) is 5. The summed E-state index contributed by atoms with van der Waals surface area (Å²) in [6.07, 6.45) is 6.80. The predicted octanol–water partition coefficient (Wildman–Crippen LogP) is 0.304. The van der Waals surface area contributed by atoms with Gasteiger partial charge >= 0.3 is 0 Å². The molecule has 0 radical (unpaired) electrons. The van der Waals surface area contributed by atoms with E-state index in [1.807, 2.05) is 0 Å². The first kappa shape index (κ1) is 10.9. The first-order valence-electron chi connectivity index (χ1n) is 4.47. The van der Waals surface area contributed by atoms with Gasteiger partial charge in [0.2, 0.25) is 0 Å². The molecule has 0 aromatic rings. The standard InChI is InChI=1S/C7H16N2O3S/c1-13(10,11)12-9-8-7-5-3-2-4-6-7/h7-9H,2-6H2,1H3. The van der Waals surface area contributed by atoms with Crippen molar-refractivity contribution in [3.05, 3.63) is 0 Å². The molecule has 5 nitrogen and oxygen atoms in total. The Hall–Kier alpha value is -0.170. The van der Waals surface area contributed by atoms with Gasteiger partial charge in [-0.05, 0) is 12.8 Å². The molecule has 13 heavy (non-hydrogen) atoms. The van der Waals surface area contributed by atoms with Crippen LogP contribution in [0.5, 0.6) is 0 Å². The summed E-state index contributed by atoms with van der Waals surface area (Å²) in [6.45, 7) is 0. The number of hydrazine groups is 1. The Morgan fingerprint density at radius 2 is 1.85 bits per heavy atom. The Labute approximate surface area is 78.9 Å².